The molecule has 0 aromatic carbocycles. The van der Waals surface area contributed by atoms with E-state index in [1.165, 1.54) is 0 Å². The molecule has 1 aromatic heterocycles. The summed E-state index contributed by atoms with van der Waals surface area (Å²) in [5, 5.41) is -0.0390. The summed E-state index contributed by atoms with van der Waals surface area (Å²) in [5.41, 5.74) is -0.653. The first kappa shape index (κ1) is 13.3. The van der Waals surface area contributed by atoms with Crippen molar-refractivity contribution < 1.29 is 18.3 Å². The highest BCUT2D eigenvalue weighted by molar-refractivity contribution is 9.10. The third kappa shape index (κ3) is 2.89. The van der Waals surface area contributed by atoms with E-state index in [2.05, 4.69) is 25.7 Å². The van der Waals surface area contributed by atoms with E-state index in [9.17, 15) is 13.6 Å². The third-order valence-corrected chi connectivity index (χ3v) is 2.84. The van der Waals surface area contributed by atoms with Gasteiger partial charge in [0.2, 0.25) is 0 Å². The van der Waals surface area contributed by atoms with E-state index < -0.39 is 18.1 Å². The van der Waals surface area contributed by atoms with Gasteiger partial charge in [-0.3, -0.25) is 0 Å². The lowest BCUT2D eigenvalue weighted by Crippen LogP contribution is -2.08. The molecule has 7 heteroatoms. The maximum atomic E-state index is 12.4. The monoisotopic (exact) mass is 313 g/mol. The molecule has 3 nitrogen and oxygen atoms in total. The Kier molecular flexibility index (Phi) is 4.61. The van der Waals surface area contributed by atoms with Crippen molar-refractivity contribution in [1.29, 1.82) is 0 Å². The SMILES string of the molecule is CCOC(=O)c1cc(C(F)F)nc(Br)c1Cl. The van der Waals surface area contributed by atoms with Crippen molar-refractivity contribution in [2.24, 2.45) is 0 Å². The van der Waals surface area contributed by atoms with Crippen LogP contribution in [-0.4, -0.2) is 17.6 Å². The van der Waals surface area contributed by atoms with Crippen LogP contribution >= 0.6 is 27.5 Å². The largest absolute Gasteiger partial charge is 0.462 e. The van der Waals surface area contributed by atoms with Gasteiger partial charge >= 0.3 is 5.97 Å². The highest BCUT2D eigenvalue weighted by atomic mass is 79.9. The minimum atomic E-state index is -2.78. The molecule has 0 aliphatic carbocycles. The molecule has 88 valence electrons. The number of esters is 1. The van der Waals surface area contributed by atoms with Crippen LogP contribution in [0.1, 0.15) is 29.4 Å². The van der Waals surface area contributed by atoms with Gasteiger partial charge in [0, 0.05) is 0 Å². The number of pyridine rings is 1. The van der Waals surface area contributed by atoms with E-state index in [0.717, 1.165) is 6.07 Å². The van der Waals surface area contributed by atoms with Crippen molar-refractivity contribution in [3.05, 3.63) is 26.9 Å². The number of nitrogens with zero attached hydrogens (tertiary/aromatic N) is 1. The van der Waals surface area contributed by atoms with Crippen molar-refractivity contribution in [2.45, 2.75) is 13.3 Å². The van der Waals surface area contributed by atoms with E-state index in [1.807, 2.05) is 0 Å². The molecule has 0 atom stereocenters. The first-order valence-corrected chi connectivity index (χ1v) is 5.45. The van der Waals surface area contributed by atoms with Crippen molar-refractivity contribution in [1.82, 2.24) is 4.98 Å². The van der Waals surface area contributed by atoms with Crippen LogP contribution in [0.5, 0.6) is 0 Å². The van der Waals surface area contributed by atoms with Gasteiger partial charge in [-0.05, 0) is 28.9 Å². The smallest absolute Gasteiger partial charge is 0.339 e. The molecule has 0 radical (unpaired) electrons. The molecule has 0 amide bonds. The van der Waals surface area contributed by atoms with Gasteiger partial charge in [-0.2, -0.15) is 0 Å². The number of rotatable bonds is 3. The number of halogens is 4. The van der Waals surface area contributed by atoms with Crippen LogP contribution in [-0.2, 0) is 4.74 Å². The molecule has 0 fully saturated rings. The molecule has 0 bridgehead atoms. The Balaban J connectivity index is 3.21. The molecule has 0 aliphatic rings. The van der Waals surface area contributed by atoms with Crippen LogP contribution in [0.3, 0.4) is 0 Å². The summed E-state index contributed by atoms with van der Waals surface area (Å²) in [4.78, 5) is 14.9. The fraction of sp³-hybridized carbons (Fsp3) is 0.333. The third-order valence-electron chi connectivity index (χ3n) is 1.66. The zero-order chi connectivity index (χ0) is 12.3. The Morgan fingerprint density at radius 3 is 2.81 bits per heavy atom. The average molecular weight is 315 g/mol. The molecular formula is C9H7BrClF2NO2. The van der Waals surface area contributed by atoms with Crippen LogP contribution < -0.4 is 0 Å². The zero-order valence-corrected chi connectivity index (χ0v) is 10.5. The predicted molar refractivity (Wildman–Crippen MR) is 57.9 cm³/mol. The highest BCUT2D eigenvalue weighted by Gasteiger charge is 2.20. The van der Waals surface area contributed by atoms with Crippen molar-refractivity contribution in [3.8, 4) is 0 Å². The molecule has 0 spiro atoms. The quantitative estimate of drug-likeness (QED) is 0.632. The molecule has 16 heavy (non-hydrogen) atoms. The Labute approximate surface area is 104 Å². The van der Waals surface area contributed by atoms with Gasteiger partial charge < -0.3 is 4.74 Å². The van der Waals surface area contributed by atoms with Gasteiger partial charge in [-0.1, -0.05) is 11.6 Å². The molecule has 0 saturated heterocycles. The molecule has 0 aliphatic heterocycles. The molecule has 1 heterocycles. The summed E-state index contributed by atoms with van der Waals surface area (Å²) in [7, 11) is 0. The fourth-order valence-corrected chi connectivity index (χ4v) is 1.58. The van der Waals surface area contributed by atoms with Crippen LogP contribution in [0, 0.1) is 0 Å². The molecule has 0 N–H and O–H groups in total. The van der Waals surface area contributed by atoms with Gasteiger partial charge in [0.1, 0.15) is 10.3 Å². The first-order chi connectivity index (χ1) is 7.47. The zero-order valence-electron chi connectivity index (χ0n) is 8.14. The number of aromatic nitrogens is 1. The number of hydrogen-bond donors (Lipinski definition) is 0. The molecule has 0 unspecified atom stereocenters. The lowest BCUT2D eigenvalue weighted by atomic mass is 10.2. The Morgan fingerprint density at radius 2 is 2.31 bits per heavy atom. The summed E-state index contributed by atoms with van der Waals surface area (Å²) in [6, 6.07) is 0.926. The van der Waals surface area contributed by atoms with Crippen LogP contribution in [0.25, 0.3) is 0 Å². The summed E-state index contributed by atoms with van der Waals surface area (Å²) in [6.07, 6.45) is -2.78. The Morgan fingerprint density at radius 1 is 1.69 bits per heavy atom. The standard InChI is InChI=1S/C9H7BrClF2NO2/c1-2-16-9(15)4-3-5(8(12)13)14-7(10)6(4)11/h3,8H,2H2,1H3. The van der Waals surface area contributed by atoms with E-state index >= 15 is 0 Å². The summed E-state index contributed by atoms with van der Waals surface area (Å²) in [6.45, 7) is 1.75. The van der Waals surface area contributed by atoms with Crippen molar-refractivity contribution >= 4 is 33.5 Å². The lowest BCUT2D eigenvalue weighted by Gasteiger charge is -2.07. The van der Waals surface area contributed by atoms with Gasteiger partial charge in [0.25, 0.3) is 6.43 Å². The summed E-state index contributed by atoms with van der Waals surface area (Å²) >= 11 is 8.65. The predicted octanol–water partition coefficient (Wildman–Crippen LogP) is 3.61. The highest BCUT2D eigenvalue weighted by Crippen LogP contribution is 2.29. The fourth-order valence-electron chi connectivity index (χ4n) is 0.986. The Bertz CT molecular complexity index is 415. The molecular weight excluding hydrogens is 307 g/mol. The van der Waals surface area contributed by atoms with Gasteiger partial charge in [-0.25, -0.2) is 18.6 Å². The van der Waals surface area contributed by atoms with E-state index in [1.54, 1.807) is 6.92 Å². The van der Waals surface area contributed by atoms with Crippen LogP contribution in [0.15, 0.2) is 10.7 Å². The van der Waals surface area contributed by atoms with Crippen LogP contribution in [0.2, 0.25) is 5.02 Å². The molecule has 1 aromatic rings. The summed E-state index contributed by atoms with van der Waals surface area (Å²) in [5.74, 6) is -0.752. The second kappa shape index (κ2) is 5.54. The number of carbonyl (C=O) groups is 1. The minimum absolute atomic E-state index is 0.00461. The normalized spacial score (nSPS) is 10.6. The van der Waals surface area contributed by atoms with E-state index in [4.69, 9.17) is 11.6 Å². The maximum Gasteiger partial charge on any atom is 0.339 e. The topological polar surface area (TPSA) is 39.2 Å². The van der Waals surface area contributed by atoms with Gasteiger partial charge in [-0.15, -0.1) is 0 Å². The first-order valence-electron chi connectivity index (χ1n) is 4.28. The van der Waals surface area contributed by atoms with E-state index in [-0.39, 0.29) is 21.8 Å². The van der Waals surface area contributed by atoms with Crippen molar-refractivity contribution in [3.63, 3.8) is 0 Å². The number of ether oxygens (including phenoxy) is 1. The van der Waals surface area contributed by atoms with Crippen molar-refractivity contribution in [2.75, 3.05) is 6.61 Å². The lowest BCUT2D eigenvalue weighted by molar-refractivity contribution is 0.0525. The average Bonchev–Trinajstić information content (AvgIpc) is 2.21. The molecule has 1 rings (SSSR count). The maximum absolute atomic E-state index is 12.4. The number of alkyl halides is 2. The second-order valence-corrected chi connectivity index (χ2v) is 3.85. The minimum Gasteiger partial charge on any atom is -0.462 e. The van der Waals surface area contributed by atoms with E-state index in [0.29, 0.717) is 0 Å². The number of hydrogen-bond acceptors (Lipinski definition) is 3. The molecule has 0 saturated carbocycles. The van der Waals surface area contributed by atoms with Crippen LogP contribution in [0.4, 0.5) is 8.78 Å². The van der Waals surface area contributed by atoms with Gasteiger partial charge in [0.15, 0.2) is 0 Å². The second-order valence-electron chi connectivity index (χ2n) is 2.72. The van der Waals surface area contributed by atoms with Gasteiger partial charge in [0.05, 0.1) is 17.2 Å². The summed E-state index contributed by atoms with van der Waals surface area (Å²) < 4.78 is 29.5. The Hall–Kier alpha value is -0.750. The number of carbonyl (C=O) groups excluding carboxylic acids is 1.